The molecule has 0 atom stereocenters. The molecule has 4 nitrogen and oxygen atoms in total. The number of unbranched alkanes of at least 4 members (excludes halogenated alkanes) is 44. The van der Waals surface area contributed by atoms with E-state index in [1.54, 1.807) is 0 Å². The number of esters is 1. The van der Waals surface area contributed by atoms with Gasteiger partial charge >= 0.3 is 5.97 Å². The fourth-order valence-corrected chi connectivity index (χ4v) is 11.7. The van der Waals surface area contributed by atoms with Crippen molar-refractivity contribution < 1.29 is 18.6 Å². The molecule has 0 spiro atoms. The summed E-state index contributed by atoms with van der Waals surface area (Å²) in [6.45, 7) is 9.27. The van der Waals surface area contributed by atoms with E-state index in [0.29, 0.717) is 13.0 Å². The minimum Gasteiger partial charge on any atom is -0.466 e. The van der Waals surface area contributed by atoms with Crippen LogP contribution in [0.1, 0.15) is 335 Å². The first kappa shape index (κ1) is 63.2. The lowest BCUT2D eigenvalue weighted by molar-refractivity contribution is -0.143. The van der Waals surface area contributed by atoms with Gasteiger partial charge in [0, 0.05) is 12.2 Å². The zero-order chi connectivity index (χ0) is 45.5. The van der Waals surface area contributed by atoms with Gasteiger partial charge in [-0.2, -0.15) is 0 Å². The van der Waals surface area contributed by atoms with Crippen LogP contribution in [-0.2, 0) is 18.6 Å². The van der Waals surface area contributed by atoms with Crippen LogP contribution in [0, 0.1) is 0 Å². The number of hydrogen-bond donors (Lipinski definition) is 0. The predicted octanol–water partition coefficient (Wildman–Crippen LogP) is 21.7. The first-order chi connectivity index (χ1) is 31.2. The number of hydrogen-bond acceptors (Lipinski definition) is 5. The van der Waals surface area contributed by atoms with Gasteiger partial charge in [-0.25, -0.2) is 0 Å². The average Bonchev–Trinajstić information content (AvgIpc) is 3.29. The van der Waals surface area contributed by atoms with Gasteiger partial charge in [-0.3, -0.25) is 4.79 Å². The van der Waals surface area contributed by atoms with E-state index in [1.165, 1.54) is 301 Å². The van der Waals surface area contributed by atoms with E-state index in [2.05, 4.69) is 20.8 Å². The highest BCUT2D eigenvalue weighted by Gasteiger charge is 2.12. The van der Waals surface area contributed by atoms with Crippen molar-refractivity contribution in [1.29, 1.82) is 0 Å². The Kier molecular flexibility index (Phi) is 58.5. The SMILES string of the molecule is CCCCCCCCCCCCCCOC(=O)CCCCCCCCCCCCCCSP(OCCCCCCCCCCCCCC)OCCCCCCCCCCCCCC. The number of carbonyl (C=O) groups excluding carboxylic acids is 1. The summed E-state index contributed by atoms with van der Waals surface area (Å²) < 4.78 is 18.3. The monoisotopic (exact) mass is 927 g/mol. The van der Waals surface area contributed by atoms with Crippen LogP contribution < -0.4 is 0 Å². The van der Waals surface area contributed by atoms with Crippen LogP contribution in [0.15, 0.2) is 0 Å². The summed E-state index contributed by atoms with van der Waals surface area (Å²) in [5.74, 6) is 1.20. The minimum atomic E-state index is -0.798. The van der Waals surface area contributed by atoms with Crippen LogP contribution in [0.3, 0.4) is 0 Å². The molecule has 0 aliphatic heterocycles. The zero-order valence-corrected chi connectivity index (χ0v) is 45.2. The molecule has 0 bridgehead atoms. The molecule has 0 radical (unpaired) electrons. The largest absolute Gasteiger partial charge is 0.466 e. The molecular weight excluding hydrogens is 812 g/mol. The molecule has 0 aliphatic carbocycles. The molecular formula is C57H115O4PS. The van der Waals surface area contributed by atoms with Crippen LogP contribution in [0.5, 0.6) is 0 Å². The van der Waals surface area contributed by atoms with E-state index in [-0.39, 0.29) is 5.97 Å². The maximum atomic E-state index is 12.1. The molecule has 0 heterocycles. The Bertz CT molecular complexity index is 800. The second-order valence-electron chi connectivity index (χ2n) is 19.6. The summed E-state index contributed by atoms with van der Waals surface area (Å²) in [6, 6.07) is 0. The molecule has 378 valence electrons. The van der Waals surface area contributed by atoms with E-state index >= 15 is 0 Å². The smallest absolute Gasteiger partial charge is 0.305 e. The molecule has 0 aliphatic rings. The Morgan fingerprint density at radius 3 is 0.841 bits per heavy atom. The molecule has 0 amide bonds. The van der Waals surface area contributed by atoms with Crippen molar-refractivity contribution in [3.05, 3.63) is 0 Å². The van der Waals surface area contributed by atoms with Gasteiger partial charge in [0.15, 0.2) is 0 Å². The normalized spacial score (nSPS) is 11.7. The number of ether oxygens (including phenoxy) is 1. The summed E-state index contributed by atoms with van der Waals surface area (Å²) in [5.41, 5.74) is 0. The summed E-state index contributed by atoms with van der Waals surface area (Å²) >= 11 is 1.98. The highest BCUT2D eigenvalue weighted by atomic mass is 32.7. The first-order valence-corrected chi connectivity index (χ1v) is 31.9. The summed E-state index contributed by atoms with van der Waals surface area (Å²) in [5, 5.41) is 0. The molecule has 0 fully saturated rings. The van der Waals surface area contributed by atoms with Crippen LogP contribution >= 0.6 is 19.0 Å². The van der Waals surface area contributed by atoms with Crippen molar-refractivity contribution in [1.82, 2.24) is 0 Å². The zero-order valence-electron chi connectivity index (χ0n) is 43.5. The number of rotatable bonds is 57. The van der Waals surface area contributed by atoms with E-state index in [4.69, 9.17) is 13.8 Å². The third-order valence-corrected chi connectivity index (χ3v) is 16.4. The van der Waals surface area contributed by atoms with Gasteiger partial charge in [-0.05, 0) is 32.1 Å². The molecule has 0 aromatic heterocycles. The standard InChI is InChI=1S/C57H115O4PS/c1-4-7-10-13-16-19-22-28-33-38-43-48-53-59-57(58)52-47-42-37-32-27-25-26-31-36-41-46-51-56-63-62(60-54-49-44-39-34-29-23-20-17-14-11-8-5-2)61-55-50-45-40-35-30-24-21-18-15-12-9-6-3/h4-56H2,1-3H3. The van der Waals surface area contributed by atoms with Crippen molar-refractivity contribution in [3.8, 4) is 0 Å². The highest BCUT2D eigenvalue weighted by Crippen LogP contribution is 2.52. The Hall–Kier alpha value is 0.170. The fourth-order valence-electron chi connectivity index (χ4n) is 8.76. The van der Waals surface area contributed by atoms with E-state index < -0.39 is 7.58 Å². The lowest BCUT2D eigenvalue weighted by Gasteiger charge is -2.17. The first-order valence-electron chi connectivity index (χ1n) is 29.1. The lowest BCUT2D eigenvalue weighted by atomic mass is 10.0. The van der Waals surface area contributed by atoms with Crippen molar-refractivity contribution >= 4 is 24.9 Å². The molecule has 63 heavy (non-hydrogen) atoms. The second-order valence-corrected chi connectivity index (χ2v) is 22.9. The minimum absolute atomic E-state index is 0.0224. The third-order valence-electron chi connectivity index (χ3n) is 13.1. The Morgan fingerprint density at radius 2 is 0.540 bits per heavy atom. The maximum Gasteiger partial charge on any atom is 0.305 e. The molecule has 6 heteroatoms. The lowest BCUT2D eigenvalue weighted by Crippen LogP contribution is -2.05. The quantitative estimate of drug-likeness (QED) is 0.0345. The van der Waals surface area contributed by atoms with Crippen LogP contribution in [0.4, 0.5) is 0 Å². The van der Waals surface area contributed by atoms with E-state index in [1.807, 2.05) is 11.4 Å². The van der Waals surface area contributed by atoms with E-state index in [0.717, 1.165) is 26.1 Å². The summed E-state index contributed by atoms with van der Waals surface area (Å²) in [6.07, 6.45) is 65.5. The second kappa shape index (κ2) is 58.3. The molecule has 0 aromatic carbocycles. The van der Waals surface area contributed by atoms with Gasteiger partial charge in [0.2, 0.25) is 7.58 Å². The Labute approximate surface area is 402 Å². The Morgan fingerprint density at radius 1 is 0.302 bits per heavy atom. The van der Waals surface area contributed by atoms with Crippen LogP contribution in [0.25, 0.3) is 0 Å². The van der Waals surface area contributed by atoms with Crippen molar-refractivity contribution in [3.63, 3.8) is 0 Å². The molecule has 0 N–H and O–H groups in total. The van der Waals surface area contributed by atoms with Crippen molar-refractivity contribution in [2.75, 3.05) is 25.6 Å². The number of carbonyl (C=O) groups is 1. The fraction of sp³-hybridized carbons (Fsp3) is 0.982. The van der Waals surface area contributed by atoms with Crippen LogP contribution in [-0.4, -0.2) is 31.5 Å². The summed E-state index contributed by atoms with van der Waals surface area (Å²) in [4.78, 5) is 12.1. The highest BCUT2D eigenvalue weighted by molar-refractivity contribution is 8.52. The molecule has 0 saturated heterocycles. The van der Waals surface area contributed by atoms with Gasteiger partial charge < -0.3 is 13.8 Å². The predicted molar refractivity (Wildman–Crippen MR) is 285 cm³/mol. The maximum absolute atomic E-state index is 12.1. The van der Waals surface area contributed by atoms with Gasteiger partial charge in [0.25, 0.3) is 0 Å². The molecule has 0 aromatic rings. The van der Waals surface area contributed by atoms with Gasteiger partial charge in [-0.15, -0.1) is 0 Å². The topological polar surface area (TPSA) is 44.8 Å². The van der Waals surface area contributed by atoms with Crippen molar-refractivity contribution in [2.45, 2.75) is 335 Å². The summed E-state index contributed by atoms with van der Waals surface area (Å²) in [7, 11) is -0.798. The molecule has 0 saturated carbocycles. The van der Waals surface area contributed by atoms with Crippen molar-refractivity contribution in [2.24, 2.45) is 0 Å². The Balaban J connectivity index is 3.82. The molecule has 0 unspecified atom stereocenters. The third kappa shape index (κ3) is 56.4. The van der Waals surface area contributed by atoms with E-state index in [9.17, 15) is 4.79 Å². The van der Waals surface area contributed by atoms with Gasteiger partial charge in [0.05, 0.1) is 19.8 Å². The van der Waals surface area contributed by atoms with Gasteiger partial charge in [-0.1, -0.05) is 308 Å². The average molecular weight is 928 g/mol. The van der Waals surface area contributed by atoms with Crippen LogP contribution in [0.2, 0.25) is 0 Å². The molecule has 0 rings (SSSR count). The van der Waals surface area contributed by atoms with Gasteiger partial charge in [0.1, 0.15) is 0 Å².